The van der Waals surface area contributed by atoms with Crippen LogP contribution in [0.25, 0.3) is 0 Å². The van der Waals surface area contributed by atoms with Gasteiger partial charge < -0.3 is 5.32 Å². The number of carbonyl (C=O) groups excluding carboxylic acids is 1. The Kier molecular flexibility index (Phi) is 4.44. The van der Waals surface area contributed by atoms with E-state index in [9.17, 15) is 4.79 Å². The van der Waals surface area contributed by atoms with Gasteiger partial charge in [-0.2, -0.15) is 0 Å². The SMILES string of the molecule is C#CC(CC)NC(=O)c1snnc1C(C)C. The van der Waals surface area contributed by atoms with E-state index in [1.54, 1.807) is 0 Å². The van der Waals surface area contributed by atoms with Crippen molar-refractivity contribution in [2.24, 2.45) is 0 Å². The third-order valence-electron chi connectivity index (χ3n) is 2.18. The molecule has 1 aromatic heterocycles. The summed E-state index contributed by atoms with van der Waals surface area (Å²) >= 11 is 1.11. The fraction of sp³-hybridized carbons (Fsp3) is 0.545. The second-order valence-electron chi connectivity index (χ2n) is 3.74. The van der Waals surface area contributed by atoms with E-state index in [2.05, 4.69) is 20.8 Å². The number of nitrogens with one attached hydrogen (secondary N) is 1. The summed E-state index contributed by atoms with van der Waals surface area (Å²) in [6.45, 7) is 5.89. The fourth-order valence-corrected chi connectivity index (χ4v) is 1.94. The molecule has 0 saturated heterocycles. The Labute approximate surface area is 99.6 Å². The van der Waals surface area contributed by atoms with Gasteiger partial charge in [0.2, 0.25) is 0 Å². The lowest BCUT2D eigenvalue weighted by Crippen LogP contribution is -2.33. The van der Waals surface area contributed by atoms with E-state index in [0.717, 1.165) is 17.2 Å². The molecule has 1 amide bonds. The first-order valence-electron chi connectivity index (χ1n) is 5.19. The van der Waals surface area contributed by atoms with Crippen LogP contribution in [0, 0.1) is 12.3 Å². The van der Waals surface area contributed by atoms with E-state index in [1.165, 1.54) is 0 Å². The van der Waals surface area contributed by atoms with Gasteiger partial charge in [0.15, 0.2) is 0 Å². The van der Waals surface area contributed by atoms with Crippen molar-refractivity contribution in [3.63, 3.8) is 0 Å². The normalized spacial score (nSPS) is 12.2. The minimum Gasteiger partial charge on any atom is -0.338 e. The minimum atomic E-state index is -0.227. The largest absolute Gasteiger partial charge is 0.338 e. The molecule has 1 atom stereocenters. The fourth-order valence-electron chi connectivity index (χ4n) is 1.22. The predicted octanol–water partition coefficient (Wildman–Crippen LogP) is 1.80. The number of aromatic nitrogens is 2. The Morgan fingerprint density at radius 2 is 2.31 bits per heavy atom. The van der Waals surface area contributed by atoms with E-state index >= 15 is 0 Å². The molecule has 0 radical (unpaired) electrons. The number of amides is 1. The first kappa shape index (κ1) is 12.7. The van der Waals surface area contributed by atoms with Gasteiger partial charge in [0, 0.05) is 0 Å². The Morgan fingerprint density at radius 3 is 2.81 bits per heavy atom. The quantitative estimate of drug-likeness (QED) is 0.812. The van der Waals surface area contributed by atoms with Crippen LogP contribution in [0.3, 0.4) is 0 Å². The zero-order valence-electron chi connectivity index (χ0n) is 9.65. The Balaban J connectivity index is 2.81. The molecule has 0 spiro atoms. The van der Waals surface area contributed by atoms with Gasteiger partial charge in [0.25, 0.3) is 5.91 Å². The summed E-state index contributed by atoms with van der Waals surface area (Å²) in [5.74, 6) is 2.53. The predicted molar refractivity (Wildman–Crippen MR) is 64.4 cm³/mol. The molecule has 1 heterocycles. The summed E-state index contributed by atoms with van der Waals surface area (Å²) in [6.07, 6.45) is 6.00. The number of terminal acetylenes is 1. The lowest BCUT2D eigenvalue weighted by atomic mass is 10.1. The van der Waals surface area contributed by atoms with Crippen molar-refractivity contribution in [1.29, 1.82) is 0 Å². The Hall–Kier alpha value is -1.41. The number of hydrogen-bond donors (Lipinski definition) is 1. The van der Waals surface area contributed by atoms with Crippen molar-refractivity contribution >= 4 is 17.4 Å². The molecule has 0 bridgehead atoms. The minimum absolute atomic E-state index is 0.177. The molecule has 0 fully saturated rings. The van der Waals surface area contributed by atoms with Crippen molar-refractivity contribution in [2.45, 2.75) is 39.2 Å². The molecule has 16 heavy (non-hydrogen) atoms. The van der Waals surface area contributed by atoms with E-state index in [1.807, 2.05) is 20.8 Å². The molecule has 0 aliphatic carbocycles. The molecule has 4 nitrogen and oxygen atoms in total. The van der Waals surface area contributed by atoms with Gasteiger partial charge in [-0.3, -0.25) is 4.79 Å². The molecule has 1 rings (SSSR count). The lowest BCUT2D eigenvalue weighted by Gasteiger charge is -2.10. The van der Waals surface area contributed by atoms with Gasteiger partial charge in [-0.05, 0) is 23.9 Å². The van der Waals surface area contributed by atoms with Crippen molar-refractivity contribution in [3.8, 4) is 12.3 Å². The molecule has 1 N–H and O–H groups in total. The summed E-state index contributed by atoms with van der Waals surface area (Å²) in [4.78, 5) is 12.4. The molecule has 1 aromatic rings. The molecule has 5 heteroatoms. The van der Waals surface area contributed by atoms with Crippen LogP contribution in [-0.4, -0.2) is 21.5 Å². The van der Waals surface area contributed by atoms with Crippen LogP contribution in [0.5, 0.6) is 0 Å². The average molecular weight is 237 g/mol. The molecule has 0 aliphatic rings. The maximum atomic E-state index is 11.9. The second kappa shape index (κ2) is 5.61. The van der Waals surface area contributed by atoms with Crippen molar-refractivity contribution in [2.75, 3.05) is 0 Å². The Bertz CT molecular complexity index is 406. The standard InChI is InChI=1S/C11H15N3OS/c1-5-8(6-2)12-11(15)10-9(7(3)4)13-14-16-10/h1,7-8H,6H2,2-4H3,(H,12,15). The molecule has 0 aliphatic heterocycles. The number of nitrogens with zero attached hydrogens (tertiary/aromatic N) is 2. The highest BCUT2D eigenvalue weighted by Gasteiger charge is 2.19. The van der Waals surface area contributed by atoms with Crippen LogP contribution in [0.4, 0.5) is 0 Å². The van der Waals surface area contributed by atoms with Gasteiger partial charge >= 0.3 is 0 Å². The van der Waals surface area contributed by atoms with E-state index in [4.69, 9.17) is 6.42 Å². The summed E-state index contributed by atoms with van der Waals surface area (Å²) in [6, 6.07) is -0.227. The van der Waals surface area contributed by atoms with Crippen LogP contribution in [0.1, 0.15) is 48.5 Å². The molecule has 1 unspecified atom stereocenters. The highest BCUT2D eigenvalue weighted by Crippen LogP contribution is 2.19. The molecular formula is C11H15N3OS. The first-order chi connectivity index (χ1) is 7.60. The zero-order valence-corrected chi connectivity index (χ0v) is 10.5. The van der Waals surface area contributed by atoms with Crippen molar-refractivity contribution in [1.82, 2.24) is 14.9 Å². The maximum absolute atomic E-state index is 11.9. The van der Waals surface area contributed by atoms with Crippen LogP contribution >= 0.6 is 11.5 Å². The van der Waals surface area contributed by atoms with Gasteiger partial charge in [0.1, 0.15) is 4.88 Å². The zero-order chi connectivity index (χ0) is 12.1. The van der Waals surface area contributed by atoms with E-state index < -0.39 is 0 Å². The summed E-state index contributed by atoms with van der Waals surface area (Å²) in [7, 11) is 0. The molecule has 86 valence electrons. The number of rotatable bonds is 4. The van der Waals surface area contributed by atoms with Crippen LogP contribution in [0.15, 0.2) is 0 Å². The monoisotopic (exact) mass is 237 g/mol. The molecule has 0 saturated carbocycles. The van der Waals surface area contributed by atoms with Crippen LogP contribution < -0.4 is 5.32 Å². The number of carbonyl (C=O) groups is 1. The van der Waals surface area contributed by atoms with Gasteiger partial charge in [-0.25, -0.2) is 0 Å². The van der Waals surface area contributed by atoms with Gasteiger partial charge in [0.05, 0.1) is 11.7 Å². The lowest BCUT2D eigenvalue weighted by molar-refractivity contribution is 0.0947. The second-order valence-corrected chi connectivity index (χ2v) is 4.50. The highest BCUT2D eigenvalue weighted by atomic mass is 32.1. The highest BCUT2D eigenvalue weighted by molar-refractivity contribution is 7.08. The topological polar surface area (TPSA) is 54.9 Å². The van der Waals surface area contributed by atoms with Crippen molar-refractivity contribution in [3.05, 3.63) is 10.6 Å². The summed E-state index contributed by atoms with van der Waals surface area (Å²) < 4.78 is 3.80. The van der Waals surface area contributed by atoms with E-state index in [0.29, 0.717) is 11.3 Å². The first-order valence-corrected chi connectivity index (χ1v) is 5.96. The number of hydrogen-bond acceptors (Lipinski definition) is 4. The Morgan fingerprint density at radius 1 is 1.62 bits per heavy atom. The molecule has 0 aromatic carbocycles. The van der Waals surface area contributed by atoms with E-state index in [-0.39, 0.29) is 17.9 Å². The van der Waals surface area contributed by atoms with Gasteiger partial charge in [-0.15, -0.1) is 11.5 Å². The average Bonchev–Trinajstić information content (AvgIpc) is 2.74. The van der Waals surface area contributed by atoms with Gasteiger partial charge in [-0.1, -0.05) is 31.2 Å². The van der Waals surface area contributed by atoms with Crippen LogP contribution in [-0.2, 0) is 0 Å². The van der Waals surface area contributed by atoms with Crippen LogP contribution in [0.2, 0.25) is 0 Å². The maximum Gasteiger partial charge on any atom is 0.265 e. The summed E-state index contributed by atoms with van der Waals surface area (Å²) in [5, 5.41) is 6.72. The summed E-state index contributed by atoms with van der Waals surface area (Å²) in [5.41, 5.74) is 0.731. The third-order valence-corrected chi connectivity index (χ3v) is 2.92. The molecular weight excluding hydrogens is 222 g/mol. The third kappa shape index (κ3) is 2.80. The smallest absolute Gasteiger partial charge is 0.265 e. The van der Waals surface area contributed by atoms with Crippen molar-refractivity contribution < 1.29 is 4.79 Å².